The van der Waals surface area contributed by atoms with E-state index in [4.69, 9.17) is 10.9 Å². The standard InChI is InChI=1S/C16H20N4O/c1-2-20(11-13-6-8-18-9-7-13)12-14-4-3-5-15(10-14)16(17)19-21/h3-10,21H,2,11-12H2,1H3,(H2,17,19). The Morgan fingerprint density at radius 3 is 2.57 bits per heavy atom. The molecule has 0 amide bonds. The number of amidine groups is 1. The molecule has 0 unspecified atom stereocenters. The molecular formula is C16H20N4O. The van der Waals surface area contributed by atoms with Gasteiger partial charge in [-0.15, -0.1) is 0 Å². The van der Waals surface area contributed by atoms with Crippen molar-refractivity contribution in [2.75, 3.05) is 6.54 Å². The van der Waals surface area contributed by atoms with Crippen LogP contribution < -0.4 is 5.73 Å². The summed E-state index contributed by atoms with van der Waals surface area (Å²) in [5.41, 5.74) is 8.73. The molecule has 0 bridgehead atoms. The molecule has 110 valence electrons. The number of benzene rings is 1. The van der Waals surface area contributed by atoms with Gasteiger partial charge in [-0.05, 0) is 35.9 Å². The van der Waals surface area contributed by atoms with Gasteiger partial charge >= 0.3 is 0 Å². The predicted octanol–water partition coefficient (Wildman–Crippen LogP) is 2.20. The van der Waals surface area contributed by atoms with E-state index in [-0.39, 0.29) is 5.84 Å². The third-order valence-electron chi connectivity index (χ3n) is 3.34. The van der Waals surface area contributed by atoms with Crippen LogP contribution >= 0.6 is 0 Å². The van der Waals surface area contributed by atoms with Gasteiger partial charge in [0, 0.05) is 31.0 Å². The maximum absolute atomic E-state index is 8.75. The quantitative estimate of drug-likeness (QED) is 0.369. The number of nitrogens with two attached hydrogens (primary N) is 1. The Balaban J connectivity index is 2.08. The van der Waals surface area contributed by atoms with Crippen molar-refractivity contribution in [2.24, 2.45) is 10.9 Å². The molecule has 2 aromatic rings. The van der Waals surface area contributed by atoms with Crippen LogP contribution in [0.1, 0.15) is 23.6 Å². The number of oxime groups is 1. The Bertz CT molecular complexity index is 598. The fourth-order valence-electron chi connectivity index (χ4n) is 2.17. The molecule has 1 aromatic carbocycles. The smallest absolute Gasteiger partial charge is 0.170 e. The summed E-state index contributed by atoms with van der Waals surface area (Å²) >= 11 is 0. The zero-order valence-corrected chi connectivity index (χ0v) is 12.1. The molecule has 3 N–H and O–H groups in total. The molecule has 0 fully saturated rings. The normalized spacial score (nSPS) is 11.8. The molecule has 0 radical (unpaired) electrons. The second kappa shape index (κ2) is 7.40. The summed E-state index contributed by atoms with van der Waals surface area (Å²) in [5.74, 6) is 0.133. The molecule has 0 spiro atoms. The molecular weight excluding hydrogens is 264 g/mol. The second-order valence-electron chi connectivity index (χ2n) is 4.84. The Hall–Kier alpha value is -2.40. The van der Waals surface area contributed by atoms with Crippen molar-refractivity contribution < 1.29 is 5.21 Å². The molecule has 0 aliphatic heterocycles. The Kier molecular flexibility index (Phi) is 5.29. The lowest BCUT2D eigenvalue weighted by Gasteiger charge is -2.20. The molecule has 5 nitrogen and oxygen atoms in total. The maximum Gasteiger partial charge on any atom is 0.170 e. The highest BCUT2D eigenvalue weighted by molar-refractivity contribution is 5.97. The van der Waals surface area contributed by atoms with Crippen LogP contribution in [-0.4, -0.2) is 27.5 Å². The van der Waals surface area contributed by atoms with Gasteiger partial charge in [-0.25, -0.2) is 0 Å². The zero-order valence-electron chi connectivity index (χ0n) is 12.1. The van der Waals surface area contributed by atoms with Gasteiger partial charge in [0.25, 0.3) is 0 Å². The van der Waals surface area contributed by atoms with Crippen molar-refractivity contribution in [3.63, 3.8) is 0 Å². The minimum atomic E-state index is 0.133. The molecule has 2 rings (SSSR count). The monoisotopic (exact) mass is 284 g/mol. The molecule has 0 atom stereocenters. The average molecular weight is 284 g/mol. The van der Waals surface area contributed by atoms with Crippen LogP contribution in [0.2, 0.25) is 0 Å². The van der Waals surface area contributed by atoms with E-state index in [0.29, 0.717) is 0 Å². The van der Waals surface area contributed by atoms with Crippen LogP contribution in [0.25, 0.3) is 0 Å². The average Bonchev–Trinajstić information content (AvgIpc) is 2.54. The number of rotatable bonds is 6. The first-order valence-electron chi connectivity index (χ1n) is 6.91. The van der Waals surface area contributed by atoms with Gasteiger partial charge in [0.05, 0.1) is 0 Å². The minimum Gasteiger partial charge on any atom is -0.409 e. The fraction of sp³-hybridized carbons (Fsp3) is 0.250. The Labute approximate surface area is 124 Å². The van der Waals surface area contributed by atoms with E-state index < -0.39 is 0 Å². The minimum absolute atomic E-state index is 0.133. The maximum atomic E-state index is 8.75. The lowest BCUT2D eigenvalue weighted by molar-refractivity contribution is 0.271. The summed E-state index contributed by atoms with van der Waals surface area (Å²) in [6.07, 6.45) is 3.62. The van der Waals surface area contributed by atoms with Gasteiger partial charge < -0.3 is 10.9 Å². The Morgan fingerprint density at radius 1 is 1.19 bits per heavy atom. The van der Waals surface area contributed by atoms with Crippen molar-refractivity contribution in [2.45, 2.75) is 20.0 Å². The van der Waals surface area contributed by atoms with Crippen molar-refractivity contribution >= 4 is 5.84 Å². The van der Waals surface area contributed by atoms with Crippen molar-refractivity contribution in [1.29, 1.82) is 0 Å². The molecule has 1 heterocycles. The molecule has 21 heavy (non-hydrogen) atoms. The summed E-state index contributed by atoms with van der Waals surface area (Å²) in [7, 11) is 0. The lowest BCUT2D eigenvalue weighted by atomic mass is 10.1. The van der Waals surface area contributed by atoms with E-state index in [9.17, 15) is 0 Å². The second-order valence-corrected chi connectivity index (χ2v) is 4.84. The van der Waals surface area contributed by atoms with E-state index in [2.05, 4.69) is 22.0 Å². The molecule has 0 aliphatic carbocycles. The first-order valence-corrected chi connectivity index (χ1v) is 6.91. The van der Waals surface area contributed by atoms with Crippen molar-refractivity contribution in [3.8, 4) is 0 Å². The molecule has 5 heteroatoms. The summed E-state index contributed by atoms with van der Waals surface area (Å²) in [6, 6.07) is 11.8. The summed E-state index contributed by atoms with van der Waals surface area (Å²) in [4.78, 5) is 6.35. The van der Waals surface area contributed by atoms with Crippen LogP contribution in [0.4, 0.5) is 0 Å². The molecule has 0 aliphatic rings. The predicted molar refractivity (Wildman–Crippen MR) is 83.0 cm³/mol. The van der Waals surface area contributed by atoms with Crippen LogP contribution in [-0.2, 0) is 13.1 Å². The van der Waals surface area contributed by atoms with Gasteiger partial charge in [-0.1, -0.05) is 30.3 Å². The van der Waals surface area contributed by atoms with Gasteiger partial charge in [0.15, 0.2) is 5.84 Å². The zero-order chi connectivity index (χ0) is 15.1. The van der Waals surface area contributed by atoms with E-state index in [1.165, 1.54) is 5.56 Å². The number of nitrogens with zero attached hydrogens (tertiary/aromatic N) is 3. The highest BCUT2D eigenvalue weighted by Gasteiger charge is 2.07. The number of pyridine rings is 1. The molecule has 0 saturated heterocycles. The van der Waals surface area contributed by atoms with Gasteiger partial charge in [0.2, 0.25) is 0 Å². The lowest BCUT2D eigenvalue weighted by Crippen LogP contribution is -2.22. The number of hydrogen-bond donors (Lipinski definition) is 2. The highest BCUT2D eigenvalue weighted by Crippen LogP contribution is 2.11. The van der Waals surface area contributed by atoms with E-state index >= 15 is 0 Å². The first kappa shape index (κ1) is 15.0. The van der Waals surface area contributed by atoms with E-state index in [1.54, 1.807) is 0 Å². The van der Waals surface area contributed by atoms with Crippen LogP contribution in [0.15, 0.2) is 53.9 Å². The van der Waals surface area contributed by atoms with Gasteiger partial charge in [-0.3, -0.25) is 9.88 Å². The van der Waals surface area contributed by atoms with Gasteiger partial charge in [0.1, 0.15) is 0 Å². The summed E-state index contributed by atoms with van der Waals surface area (Å²) < 4.78 is 0. The molecule has 1 aromatic heterocycles. The van der Waals surface area contributed by atoms with Crippen molar-refractivity contribution in [1.82, 2.24) is 9.88 Å². The third-order valence-corrected chi connectivity index (χ3v) is 3.34. The first-order chi connectivity index (χ1) is 10.2. The summed E-state index contributed by atoms with van der Waals surface area (Å²) in [5, 5.41) is 11.8. The van der Waals surface area contributed by atoms with Crippen LogP contribution in [0.3, 0.4) is 0 Å². The largest absolute Gasteiger partial charge is 0.409 e. The number of hydrogen-bond acceptors (Lipinski definition) is 4. The van der Waals surface area contributed by atoms with Gasteiger partial charge in [-0.2, -0.15) is 0 Å². The SMILES string of the molecule is CCN(Cc1ccncc1)Cc1cccc(C(N)=NO)c1. The topological polar surface area (TPSA) is 74.7 Å². The fourth-order valence-corrected chi connectivity index (χ4v) is 2.17. The molecule has 0 saturated carbocycles. The highest BCUT2D eigenvalue weighted by atomic mass is 16.4. The van der Waals surface area contributed by atoms with E-state index in [0.717, 1.165) is 30.8 Å². The Morgan fingerprint density at radius 2 is 1.90 bits per heavy atom. The summed E-state index contributed by atoms with van der Waals surface area (Å²) in [6.45, 7) is 4.75. The third kappa shape index (κ3) is 4.29. The van der Waals surface area contributed by atoms with Crippen LogP contribution in [0, 0.1) is 0 Å². The number of aromatic nitrogens is 1. The van der Waals surface area contributed by atoms with E-state index in [1.807, 2.05) is 48.8 Å². The van der Waals surface area contributed by atoms with Crippen molar-refractivity contribution in [3.05, 3.63) is 65.5 Å². The van der Waals surface area contributed by atoms with Crippen LogP contribution in [0.5, 0.6) is 0 Å².